The highest BCUT2D eigenvalue weighted by Gasteiger charge is 2.26. The van der Waals surface area contributed by atoms with Gasteiger partial charge in [0.1, 0.15) is 11.1 Å². The summed E-state index contributed by atoms with van der Waals surface area (Å²) in [4.78, 5) is 4.79. The molecule has 0 spiro atoms. The second-order valence-electron chi connectivity index (χ2n) is 5.68. The Bertz CT molecular complexity index is 475. The third-order valence-electron chi connectivity index (χ3n) is 4.09. The van der Waals surface area contributed by atoms with E-state index in [2.05, 4.69) is 18.8 Å². The molecule has 0 amide bonds. The van der Waals surface area contributed by atoms with E-state index in [0.29, 0.717) is 16.8 Å². The van der Waals surface area contributed by atoms with Gasteiger partial charge in [-0.2, -0.15) is 0 Å². The van der Waals surface area contributed by atoms with Crippen molar-refractivity contribution >= 4 is 17.2 Å². The summed E-state index contributed by atoms with van der Waals surface area (Å²) >= 11 is 5.06. The van der Waals surface area contributed by atoms with Gasteiger partial charge in [0.2, 0.25) is 5.88 Å². The molecule has 1 saturated carbocycles. The number of thiocarbonyl (C=S) groups is 1. The van der Waals surface area contributed by atoms with Gasteiger partial charge in [0.25, 0.3) is 0 Å². The smallest absolute Gasteiger partial charge is 0.224 e. The Kier molecular flexibility index (Phi) is 4.40. The molecule has 3 unspecified atom stereocenters. The number of nitrogens with zero attached hydrogens (tertiary/aromatic N) is 1. The summed E-state index contributed by atoms with van der Waals surface area (Å²) in [5.41, 5.74) is 7.40. The van der Waals surface area contributed by atoms with Crippen LogP contribution in [0.25, 0.3) is 0 Å². The standard InChI is InChI=1S/C15H22N2OS/c1-9-4-6-12(8-10(9)2)18-15-13(14(16)19)7-5-11(3)17-15/h5,7,9-10,12H,4,6,8H2,1-3H3,(H2,16,19). The first-order valence-electron chi connectivity index (χ1n) is 6.91. The molecular formula is C15H22N2OS. The topological polar surface area (TPSA) is 48.1 Å². The van der Waals surface area contributed by atoms with Gasteiger partial charge in [0, 0.05) is 5.69 Å². The van der Waals surface area contributed by atoms with Crippen molar-refractivity contribution in [2.75, 3.05) is 0 Å². The summed E-state index contributed by atoms with van der Waals surface area (Å²) in [5.74, 6) is 2.07. The highest BCUT2D eigenvalue weighted by atomic mass is 32.1. The third kappa shape index (κ3) is 3.44. The highest BCUT2D eigenvalue weighted by Crippen LogP contribution is 2.32. The lowest BCUT2D eigenvalue weighted by Crippen LogP contribution is -2.29. The number of pyridine rings is 1. The lowest BCUT2D eigenvalue weighted by atomic mass is 9.80. The molecule has 0 bridgehead atoms. The molecule has 1 aliphatic rings. The maximum absolute atomic E-state index is 6.07. The molecule has 1 aliphatic carbocycles. The van der Waals surface area contributed by atoms with Crippen LogP contribution in [0, 0.1) is 18.8 Å². The predicted octanol–water partition coefficient (Wildman–Crippen LogP) is 3.23. The van der Waals surface area contributed by atoms with Gasteiger partial charge in [-0.3, -0.25) is 0 Å². The molecular weight excluding hydrogens is 256 g/mol. The van der Waals surface area contributed by atoms with Crippen molar-refractivity contribution in [3.05, 3.63) is 23.4 Å². The van der Waals surface area contributed by atoms with Crippen LogP contribution in [0.4, 0.5) is 0 Å². The molecule has 3 atom stereocenters. The van der Waals surface area contributed by atoms with Crippen LogP contribution in [0.1, 0.15) is 44.4 Å². The Morgan fingerprint density at radius 1 is 1.32 bits per heavy atom. The van der Waals surface area contributed by atoms with Gasteiger partial charge >= 0.3 is 0 Å². The minimum absolute atomic E-state index is 0.230. The van der Waals surface area contributed by atoms with Crippen molar-refractivity contribution in [3.63, 3.8) is 0 Å². The molecule has 0 saturated heterocycles. The van der Waals surface area contributed by atoms with Crippen LogP contribution >= 0.6 is 12.2 Å². The molecule has 3 nitrogen and oxygen atoms in total. The predicted molar refractivity (Wildman–Crippen MR) is 81.5 cm³/mol. The zero-order valence-corrected chi connectivity index (χ0v) is 12.7. The van der Waals surface area contributed by atoms with Crippen molar-refractivity contribution in [1.82, 2.24) is 4.98 Å². The van der Waals surface area contributed by atoms with Crippen molar-refractivity contribution in [1.29, 1.82) is 0 Å². The summed E-state index contributed by atoms with van der Waals surface area (Å²) in [6, 6.07) is 3.81. The molecule has 104 valence electrons. The molecule has 1 aromatic heterocycles. The number of hydrogen-bond donors (Lipinski definition) is 1. The normalized spacial score (nSPS) is 27.0. The Morgan fingerprint density at radius 3 is 2.68 bits per heavy atom. The number of aromatic nitrogens is 1. The monoisotopic (exact) mass is 278 g/mol. The fourth-order valence-corrected chi connectivity index (χ4v) is 2.73. The Hall–Kier alpha value is -1.16. The number of aryl methyl sites for hydroxylation is 1. The average molecular weight is 278 g/mol. The first-order valence-corrected chi connectivity index (χ1v) is 7.32. The molecule has 0 radical (unpaired) electrons. The summed E-state index contributed by atoms with van der Waals surface area (Å²) in [7, 11) is 0. The highest BCUT2D eigenvalue weighted by molar-refractivity contribution is 7.80. The van der Waals surface area contributed by atoms with Crippen molar-refractivity contribution in [2.45, 2.75) is 46.1 Å². The molecule has 2 rings (SSSR count). The van der Waals surface area contributed by atoms with Gasteiger partial charge in [0.05, 0.1) is 5.56 Å². The van der Waals surface area contributed by atoms with Gasteiger partial charge in [-0.25, -0.2) is 4.98 Å². The first kappa shape index (κ1) is 14.3. The molecule has 1 aromatic rings. The van der Waals surface area contributed by atoms with Gasteiger partial charge in [-0.05, 0) is 50.2 Å². The Morgan fingerprint density at radius 2 is 2.05 bits per heavy atom. The number of hydrogen-bond acceptors (Lipinski definition) is 3. The number of rotatable bonds is 3. The van der Waals surface area contributed by atoms with Gasteiger partial charge < -0.3 is 10.5 Å². The van der Waals surface area contributed by atoms with E-state index in [4.69, 9.17) is 22.7 Å². The van der Waals surface area contributed by atoms with E-state index in [9.17, 15) is 0 Å². The molecule has 1 fully saturated rings. The zero-order valence-electron chi connectivity index (χ0n) is 11.8. The number of ether oxygens (including phenoxy) is 1. The van der Waals surface area contributed by atoms with Gasteiger partial charge in [-0.15, -0.1) is 0 Å². The summed E-state index contributed by atoms with van der Waals surface area (Å²) in [6.45, 7) is 6.55. The second kappa shape index (κ2) is 5.87. The van der Waals surface area contributed by atoms with E-state index in [0.717, 1.165) is 30.0 Å². The van der Waals surface area contributed by atoms with Gasteiger partial charge in [-0.1, -0.05) is 26.1 Å². The largest absolute Gasteiger partial charge is 0.474 e. The summed E-state index contributed by atoms with van der Waals surface area (Å²) < 4.78 is 6.07. The first-order chi connectivity index (χ1) is 8.97. The quantitative estimate of drug-likeness (QED) is 0.862. The molecule has 4 heteroatoms. The maximum atomic E-state index is 6.07. The fraction of sp³-hybridized carbons (Fsp3) is 0.600. The number of nitrogens with two attached hydrogens (primary N) is 1. The molecule has 2 N–H and O–H groups in total. The van der Waals surface area contributed by atoms with Crippen molar-refractivity contribution in [3.8, 4) is 5.88 Å². The summed E-state index contributed by atoms with van der Waals surface area (Å²) in [5, 5.41) is 0. The van der Waals surface area contributed by atoms with E-state index in [-0.39, 0.29) is 6.10 Å². The summed E-state index contributed by atoms with van der Waals surface area (Å²) in [6.07, 6.45) is 3.60. The minimum atomic E-state index is 0.230. The van der Waals surface area contributed by atoms with Crippen LogP contribution in [0.3, 0.4) is 0 Å². The Balaban J connectivity index is 2.14. The molecule has 19 heavy (non-hydrogen) atoms. The van der Waals surface area contributed by atoms with E-state index < -0.39 is 0 Å². The van der Waals surface area contributed by atoms with Crippen molar-refractivity contribution in [2.24, 2.45) is 17.6 Å². The molecule has 0 aromatic carbocycles. The SMILES string of the molecule is Cc1ccc(C(N)=S)c(OC2CCC(C)C(C)C2)n1. The average Bonchev–Trinajstić information content (AvgIpc) is 2.33. The van der Waals surface area contributed by atoms with E-state index in [1.54, 1.807) is 0 Å². The van der Waals surface area contributed by atoms with Crippen LogP contribution in [0.2, 0.25) is 0 Å². The molecule has 1 heterocycles. The fourth-order valence-electron chi connectivity index (χ4n) is 2.57. The second-order valence-corrected chi connectivity index (χ2v) is 6.12. The van der Waals surface area contributed by atoms with Crippen LogP contribution < -0.4 is 10.5 Å². The van der Waals surface area contributed by atoms with E-state index in [1.807, 2.05) is 19.1 Å². The van der Waals surface area contributed by atoms with E-state index in [1.165, 1.54) is 6.42 Å². The van der Waals surface area contributed by atoms with Crippen LogP contribution in [0.5, 0.6) is 5.88 Å². The molecule has 0 aliphatic heterocycles. The van der Waals surface area contributed by atoms with Crippen LogP contribution in [-0.2, 0) is 0 Å². The lowest BCUT2D eigenvalue weighted by Gasteiger charge is -2.32. The van der Waals surface area contributed by atoms with Crippen molar-refractivity contribution < 1.29 is 4.74 Å². The minimum Gasteiger partial charge on any atom is -0.474 e. The Labute approximate surface area is 120 Å². The maximum Gasteiger partial charge on any atom is 0.224 e. The zero-order chi connectivity index (χ0) is 14.0. The van der Waals surface area contributed by atoms with Crippen LogP contribution in [0.15, 0.2) is 12.1 Å². The van der Waals surface area contributed by atoms with Gasteiger partial charge in [0.15, 0.2) is 0 Å². The third-order valence-corrected chi connectivity index (χ3v) is 4.31. The van der Waals surface area contributed by atoms with E-state index >= 15 is 0 Å². The van der Waals surface area contributed by atoms with Crippen LogP contribution in [-0.4, -0.2) is 16.1 Å². The lowest BCUT2D eigenvalue weighted by molar-refractivity contribution is 0.0962.